The highest BCUT2D eigenvalue weighted by Gasteiger charge is 2.35. The average Bonchev–Trinajstić information content (AvgIpc) is 2.25. The van der Waals surface area contributed by atoms with Crippen molar-refractivity contribution < 1.29 is 31.1 Å². The summed E-state index contributed by atoms with van der Waals surface area (Å²) < 4.78 is 77.1. The van der Waals surface area contributed by atoms with Crippen LogP contribution < -0.4 is 4.74 Å². The normalized spacial score (nSPS) is 12.6. The van der Waals surface area contributed by atoms with E-state index in [9.17, 15) is 26.3 Å². The van der Waals surface area contributed by atoms with Gasteiger partial charge in [0.2, 0.25) is 0 Å². The molecule has 0 atom stereocenters. The van der Waals surface area contributed by atoms with E-state index in [1.807, 2.05) is 0 Å². The van der Waals surface area contributed by atoms with Crippen molar-refractivity contribution in [3.8, 4) is 5.75 Å². The first-order chi connectivity index (χ1) is 9.11. The van der Waals surface area contributed by atoms with Gasteiger partial charge < -0.3 is 4.74 Å². The smallest absolute Gasteiger partial charge is 0.405 e. The highest BCUT2D eigenvalue weighted by molar-refractivity contribution is 8.00. The first kappa shape index (κ1) is 17.3. The molecule has 0 heterocycles. The summed E-state index contributed by atoms with van der Waals surface area (Å²) in [5.41, 5.74) is -4.27. The van der Waals surface area contributed by atoms with Gasteiger partial charge >= 0.3 is 11.9 Å². The quantitative estimate of drug-likeness (QED) is 0.405. The van der Waals surface area contributed by atoms with Gasteiger partial charge in [0.1, 0.15) is 5.75 Å². The second-order valence-corrected chi connectivity index (χ2v) is 5.15. The second-order valence-electron chi connectivity index (χ2n) is 3.67. The lowest BCUT2D eigenvalue weighted by Crippen LogP contribution is -2.18. The third kappa shape index (κ3) is 6.60. The molecule has 0 aromatic heterocycles. The van der Waals surface area contributed by atoms with Crippen molar-refractivity contribution in [2.75, 3.05) is 5.88 Å². The van der Waals surface area contributed by atoms with E-state index in [-0.39, 0.29) is 0 Å². The lowest BCUT2D eigenvalue weighted by atomic mass is 10.1. The Morgan fingerprint density at radius 2 is 1.75 bits per heavy atom. The molecule has 0 radical (unpaired) electrons. The fourth-order valence-corrected chi connectivity index (χ4v) is 2.11. The highest BCUT2D eigenvalue weighted by atomic mass is 35.5. The molecular formula is C11H9ClF6OS. The molecule has 0 unspecified atom stereocenters. The molecule has 1 nitrogen and oxygen atoms in total. The van der Waals surface area contributed by atoms with Gasteiger partial charge in [0.25, 0.3) is 0 Å². The summed E-state index contributed by atoms with van der Waals surface area (Å²) in [4.78, 5) is -0.635. The van der Waals surface area contributed by atoms with Gasteiger partial charge in [-0.1, -0.05) is 6.07 Å². The predicted molar refractivity (Wildman–Crippen MR) is 64.1 cm³/mol. The van der Waals surface area contributed by atoms with Crippen molar-refractivity contribution in [3.05, 3.63) is 23.8 Å². The first-order valence-corrected chi connectivity index (χ1v) is 6.66. The van der Waals surface area contributed by atoms with Crippen LogP contribution in [-0.4, -0.2) is 17.8 Å². The van der Waals surface area contributed by atoms with Crippen LogP contribution in [0.1, 0.15) is 12.0 Å². The maximum atomic E-state index is 12.3. The molecule has 9 heteroatoms. The molecule has 0 bridgehead atoms. The van der Waals surface area contributed by atoms with Crippen LogP contribution in [0.15, 0.2) is 23.1 Å². The molecular weight excluding hydrogens is 330 g/mol. The van der Waals surface area contributed by atoms with E-state index >= 15 is 0 Å². The third-order valence-corrected chi connectivity index (χ3v) is 3.11. The highest BCUT2D eigenvalue weighted by Crippen LogP contribution is 2.43. The van der Waals surface area contributed by atoms with E-state index in [1.54, 1.807) is 0 Å². The number of halogens is 7. The Kier molecular flexibility index (Phi) is 5.88. The van der Waals surface area contributed by atoms with E-state index in [1.165, 1.54) is 6.07 Å². The van der Waals surface area contributed by atoms with Crippen LogP contribution >= 0.6 is 23.4 Å². The maximum Gasteiger partial charge on any atom is 0.573 e. The number of hydrogen-bond acceptors (Lipinski definition) is 2. The van der Waals surface area contributed by atoms with Gasteiger partial charge in [-0.25, -0.2) is 0 Å². The Labute approximate surface area is 120 Å². The van der Waals surface area contributed by atoms with Crippen LogP contribution in [0.4, 0.5) is 26.3 Å². The number of alkyl halides is 7. The zero-order valence-corrected chi connectivity index (χ0v) is 11.4. The fourth-order valence-electron chi connectivity index (χ4n) is 1.39. The van der Waals surface area contributed by atoms with Crippen LogP contribution in [-0.2, 0) is 6.42 Å². The molecule has 0 N–H and O–H groups in total. The topological polar surface area (TPSA) is 9.23 Å². The first-order valence-electron chi connectivity index (χ1n) is 5.31. The van der Waals surface area contributed by atoms with Crippen LogP contribution in [0.3, 0.4) is 0 Å². The van der Waals surface area contributed by atoms with Crippen LogP contribution in [0.5, 0.6) is 5.75 Å². The van der Waals surface area contributed by atoms with E-state index in [0.29, 0.717) is 24.3 Å². The SMILES string of the molecule is FC(F)(F)Oc1cc(CCCCl)ccc1SC(F)(F)F. The minimum Gasteiger partial charge on any atom is -0.405 e. The third-order valence-electron chi connectivity index (χ3n) is 2.06. The van der Waals surface area contributed by atoms with Crippen LogP contribution in [0.2, 0.25) is 0 Å². The molecule has 1 aromatic carbocycles. The van der Waals surface area contributed by atoms with Crippen molar-refractivity contribution >= 4 is 23.4 Å². The zero-order valence-electron chi connectivity index (χ0n) is 9.82. The summed E-state index contributed by atoms with van der Waals surface area (Å²) >= 11 is 4.80. The number of thioether (sulfide) groups is 1. The van der Waals surface area contributed by atoms with Crippen LogP contribution in [0, 0.1) is 0 Å². The lowest BCUT2D eigenvalue weighted by molar-refractivity contribution is -0.275. The van der Waals surface area contributed by atoms with Crippen molar-refractivity contribution in [1.82, 2.24) is 0 Å². The van der Waals surface area contributed by atoms with E-state index in [4.69, 9.17) is 11.6 Å². The van der Waals surface area contributed by atoms with Gasteiger partial charge in [-0.2, -0.15) is 13.2 Å². The number of ether oxygens (including phenoxy) is 1. The molecule has 0 saturated heterocycles. The standard InChI is InChI=1S/C11H9ClF6OS/c12-5-1-2-7-3-4-9(20-11(16,17)18)8(6-7)19-10(13,14)15/h3-4,6H,1-2,5H2. The molecule has 0 fully saturated rings. The molecule has 20 heavy (non-hydrogen) atoms. The summed E-state index contributed by atoms with van der Waals surface area (Å²) in [7, 11) is 0. The largest absolute Gasteiger partial charge is 0.573 e. The van der Waals surface area contributed by atoms with Crippen molar-refractivity contribution in [2.45, 2.75) is 29.6 Å². The molecule has 0 saturated carbocycles. The Morgan fingerprint density at radius 3 is 2.25 bits per heavy atom. The van der Waals surface area contributed by atoms with E-state index in [2.05, 4.69) is 4.74 Å². The Morgan fingerprint density at radius 1 is 1.10 bits per heavy atom. The van der Waals surface area contributed by atoms with Gasteiger partial charge in [0.05, 0.1) is 4.90 Å². The second kappa shape index (κ2) is 6.80. The van der Waals surface area contributed by atoms with Crippen molar-refractivity contribution in [2.24, 2.45) is 0 Å². The van der Waals surface area contributed by atoms with E-state index < -0.39 is 34.3 Å². The molecule has 0 aliphatic rings. The summed E-state index contributed by atoms with van der Waals surface area (Å²) in [6.45, 7) is 0. The zero-order chi connectivity index (χ0) is 15.4. The van der Waals surface area contributed by atoms with Gasteiger partial charge in [0, 0.05) is 5.88 Å². The van der Waals surface area contributed by atoms with E-state index in [0.717, 1.165) is 12.1 Å². The lowest BCUT2D eigenvalue weighted by Gasteiger charge is -2.15. The van der Waals surface area contributed by atoms with Gasteiger partial charge in [-0.15, -0.1) is 24.8 Å². The summed E-state index contributed by atoms with van der Waals surface area (Å²) in [5.74, 6) is -0.555. The number of benzene rings is 1. The predicted octanol–water partition coefficient (Wildman–Crippen LogP) is 5.37. The molecule has 114 valence electrons. The monoisotopic (exact) mass is 338 g/mol. The molecule has 1 rings (SSSR count). The molecule has 0 aliphatic heterocycles. The van der Waals surface area contributed by atoms with Gasteiger partial charge in [-0.3, -0.25) is 0 Å². The number of rotatable bonds is 5. The van der Waals surface area contributed by atoms with Gasteiger partial charge in [-0.05, 0) is 42.3 Å². The van der Waals surface area contributed by atoms with Gasteiger partial charge in [0.15, 0.2) is 0 Å². The molecule has 0 aliphatic carbocycles. The number of hydrogen-bond donors (Lipinski definition) is 0. The summed E-state index contributed by atoms with van der Waals surface area (Å²) in [6.07, 6.45) is -4.19. The minimum absolute atomic E-state index is 0.300. The summed E-state index contributed by atoms with van der Waals surface area (Å²) in [6, 6.07) is 3.24. The van der Waals surface area contributed by atoms with Crippen molar-refractivity contribution in [1.29, 1.82) is 0 Å². The maximum absolute atomic E-state index is 12.3. The fraction of sp³-hybridized carbons (Fsp3) is 0.455. The summed E-state index contributed by atoms with van der Waals surface area (Å²) in [5, 5.41) is 0. The Balaban J connectivity index is 3.03. The average molecular weight is 339 g/mol. The number of aryl methyl sites for hydroxylation is 1. The van der Waals surface area contributed by atoms with Crippen LogP contribution in [0.25, 0.3) is 0 Å². The Bertz CT molecular complexity index is 446. The molecule has 1 aromatic rings. The molecule has 0 amide bonds. The molecule has 0 spiro atoms. The van der Waals surface area contributed by atoms with Crippen molar-refractivity contribution in [3.63, 3.8) is 0 Å². The minimum atomic E-state index is -5.05. The Hall–Kier alpha value is -0.760.